The number of rotatable bonds is 5. The van der Waals surface area contributed by atoms with Gasteiger partial charge in [-0.15, -0.1) is 0 Å². The van der Waals surface area contributed by atoms with E-state index in [0.717, 1.165) is 10.2 Å². The normalized spacial score (nSPS) is 11.4. The van der Waals surface area contributed by atoms with E-state index in [4.69, 9.17) is 9.47 Å². The largest absolute Gasteiger partial charge is 0.465 e. The zero-order chi connectivity index (χ0) is 20.1. The summed E-state index contributed by atoms with van der Waals surface area (Å²) < 4.78 is 12.3. The Kier molecular flexibility index (Phi) is 6.00. The number of aromatic nitrogens is 1. The first-order valence-electron chi connectivity index (χ1n) is 8.55. The average Bonchev–Trinajstić information content (AvgIpc) is 3.04. The number of amides is 1. The van der Waals surface area contributed by atoms with Gasteiger partial charge in [0.25, 0.3) is 5.91 Å². The van der Waals surface area contributed by atoms with Gasteiger partial charge in [0.1, 0.15) is 6.54 Å². The minimum atomic E-state index is -0.616. The summed E-state index contributed by atoms with van der Waals surface area (Å²) in [5, 5.41) is 0. The minimum absolute atomic E-state index is 0.0669. The number of thiazole rings is 1. The van der Waals surface area contributed by atoms with E-state index in [1.54, 1.807) is 23.6 Å². The molecule has 8 heteroatoms. The van der Waals surface area contributed by atoms with Crippen molar-refractivity contribution in [3.05, 3.63) is 64.5 Å². The van der Waals surface area contributed by atoms with E-state index < -0.39 is 17.8 Å². The summed E-state index contributed by atoms with van der Waals surface area (Å²) in [5.74, 6) is -1.63. The van der Waals surface area contributed by atoms with E-state index in [9.17, 15) is 14.4 Å². The summed E-state index contributed by atoms with van der Waals surface area (Å²) >= 11 is 1.28. The number of fused-ring (bicyclic) bond motifs is 1. The lowest BCUT2D eigenvalue weighted by atomic mass is 10.1. The third-order valence-electron chi connectivity index (χ3n) is 3.94. The van der Waals surface area contributed by atoms with E-state index in [1.165, 1.54) is 30.6 Å². The molecule has 7 nitrogen and oxygen atoms in total. The van der Waals surface area contributed by atoms with Crippen molar-refractivity contribution >= 4 is 39.4 Å². The second-order valence-electron chi connectivity index (χ2n) is 5.70. The summed E-state index contributed by atoms with van der Waals surface area (Å²) in [5.41, 5.74) is 1.04. The van der Waals surface area contributed by atoms with Gasteiger partial charge >= 0.3 is 11.9 Å². The highest BCUT2D eigenvalue weighted by atomic mass is 32.1. The standard InChI is InChI=1S/C20H18N2O5S/c1-3-27-17(23)12-22-15-10-6-7-11-16(15)28-20(22)21-18(24)13-8-4-5-9-14(13)19(25)26-2/h4-11H,3,12H2,1-2H3. The highest BCUT2D eigenvalue weighted by Gasteiger charge is 2.18. The number of hydrogen-bond donors (Lipinski definition) is 0. The fourth-order valence-corrected chi connectivity index (χ4v) is 3.73. The van der Waals surface area contributed by atoms with Crippen LogP contribution in [-0.2, 0) is 20.8 Å². The monoisotopic (exact) mass is 398 g/mol. The molecule has 144 valence electrons. The molecule has 3 aromatic rings. The van der Waals surface area contributed by atoms with Crippen LogP contribution in [0.25, 0.3) is 10.2 Å². The van der Waals surface area contributed by atoms with Crippen LogP contribution in [0.5, 0.6) is 0 Å². The number of carbonyl (C=O) groups excluding carboxylic acids is 3. The fraction of sp³-hybridized carbons (Fsp3) is 0.200. The van der Waals surface area contributed by atoms with Gasteiger partial charge in [-0.25, -0.2) is 4.79 Å². The maximum Gasteiger partial charge on any atom is 0.338 e. The van der Waals surface area contributed by atoms with Gasteiger partial charge in [-0.3, -0.25) is 9.59 Å². The van der Waals surface area contributed by atoms with Crippen LogP contribution in [0.2, 0.25) is 0 Å². The van der Waals surface area contributed by atoms with Crippen LogP contribution in [0.1, 0.15) is 27.6 Å². The predicted octanol–water partition coefficient (Wildman–Crippen LogP) is 2.79. The first kappa shape index (κ1) is 19.5. The summed E-state index contributed by atoms with van der Waals surface area (Å²) in [7, 11) is 1.25. The maximum atomic E-state index is 12.8. The van der Waals surface area contributed by atoms with E-state index >= 15 is 0 Å². The summed E-state index contributed by atoms with van der Waals surface area (Å²) in [4.78, 5) is 41.3. The van der Waals surface area contributed by atoms with Gasteiger partial charge in [0, 0.05) is 0 Å². The number of carbonyl (C=O) groups is 3. The van der Waals surface area contributed by atoms with Gasteiger partial charge in [0.15, 0.2) is 4.80 Å². The van der Waals surface area contributed by atoms with Crippen LogP contribution < -0.4 is 4.80 Å². The molecule has 2 aromatic carbocycles. The van der Waals surface area contributed by atoms with Crippen LogP contribution in [0, 0.1) is 0 Å². The highest BCUT2D eigenvalue weighted by molar-refractivity contribution is 7.16. The molecule has 3 rings (SSSR count). The smallest absolute Gasteiger partial charge is 0.338 e. The number of ether oxygens (including phenoxy) is 2. The van der Waals surface area contributed by atoms with Crippen molar-refractivity contribution < 1.29 is 23.9 Å². The second-order valence-corrected chi connectivity index (χ2v) is 6.71. The third-order valence-corrected chi connectivity index (χ3v) is 5.00. The molecule has 1 amide bonds. The lowest BCUT2D eigenvalue weighted by Gasteiger charge is -2.06. The zero-order valence-corrected chi connectivity index (χ0v) is 16.2. The molecule has 0 spiro atoms. The Hall–Kier alpha value is -3.26. The topological polar surface area (TPSA) is 87.0 Å². The molecule has 0 unspecified atom stereocenters. The molecular weight excluding hydrogens is 380 g/mol. The van der Waals surface area contributed by atoms with Gasteiger partial charge in [0.05, 0.1) is 35.1 Å². The molecule has 1 heterocycles. The SMILES string of the molecule is CCOC(=O)Cn1c(=NC(=O)c2ccccc2C(=O)OC)sc2ccccc21. The Morgan fingerprint density at radius 1 is 1.04 bits per heavy atom. The average molecular weight is 398 g/mol. The van der Waals surface area contributed by atoms with Gasteiger partial charge in [-0.2, -0.15) is 4.99 Å². The molecule has 0 aliphatic carbocycles. The minimum Gasteiger partial charge on any atom is -0.465 e. The lowest BCUT2D eigenvalue weighted by molar-refractivity contribution is -0.143. The Labute approximate surface area is 164 Å². The van der Waals surface area contributed by atoms with E-state index in [1.807, 2.05) is 24.3 Å². The number of benzene rings is 2. The van der Waals surface area contributed by atoms with E-state index in [-0.39, 0.29) is 24.3 Å². The highest BCUT2D eigenvalue weighted by Crippen LogP contribution is 2.17. The van der Waals surface area contributed by atoms with Gasteiger partial charge in [0.2, 0.25) is 0 Å². The quantitative estimate of drug-likeness (QED) is 0.617. The van der Waals surface area contributed by atoms with Crippen LogP contribution in [0.4, 0.5) is 0 Å². The number of para-hydroxylation sites is 1. The zero-order valence-electron chi connectivity index (χ0n) is 15.4. The van der Waals surface area contributed by atoms with Gasteiger partial charge < -0.3 is 14.0 Å². The molecule has 0 N–H and O–H groups in total. The third kappa shape index (κ3) is 4.01. The Morgan fingerprint density at radius 2 is 1.71 bits per heavy atom. The van der Waals surface area contributed by atoms with Crippen molar-refractivity contribution in [2.75, 3.05) is 13.7 Å². The Bertz CT molecular complexity index is 1110. The fourth-order valence-electron chi connectivity index (χ4n) is 2.70. The molecule has 0 bridgehead atoms. The van der Waals surface area contributed by atoms with Crippen LogP contribution in [-0.4, -0.2) is 36.1 Å². The summed E-state index contributed by atoms with van der Waals surface area (Å²) in [6, 6.07) is 13.7. The van der Waals surface area contributed by atoms with Crippen molar-refractivity contribution in [3.63, 3.8) is 0 Å². The number of esters is 2. The molecular formula is C20H18N2O5S. The van der Waals surface area contributed by atoms with Gasteiger partial charge in [-0.1, -0.05) is 35.6 Å². The molecule has 0 aliphatic heterocycles. The number of methoxy groups -OCH3 is 1. The van der Waals surface area contributed by atoms with Crippen LogP contribution in [0.15, 0.2) is 53.5 Å². The molecule has 0 saturated carbocycles. The van der Waals surface area contributed by atoms with Crippen molar-refractivity contribution in [2.24, 2.45) is 4.99 Å². The molecule has 0 saturated heterocycles. The first-order chi connectivity index (χ1) is 13.5. The Morgan fingerprint density at radius 3 is 2.43 bits per heavy atom. The van der Waals surface area contributed by atoms with Crippen LogP contribution >= 0.6 is 11.3 Å². The number of nitrogens with zero attached hydrogens (tertiary/aromatic N) is 2. The van der Waals surface area contributed by atoms with Crippen molar-refractivity contribution in [2.45, 2.75) is 13.5 Å². The predicted molar refractivity (Wildman–Crippen MR) is 104 cm³/mol. The van der Waals surface area contributed by atoms with Crippen molar-refractivity contribution in [1.29, 1.82) is 0 Å². The molecule has 0 atom stereocenters. The van der Waals surface area contributed by atoms with Crippen molar-refractivity contribution in [3.8, 4) is 0 Å². The second kappa shape index (κ2) is 8.62. The maximum absolute atomic E-state index is 12.8. The van der Waals surface area contributed by atoms with E-state index in [2.05, 4.69) is 4.99 Å². The molecule has 0 fully saturated rings. The molecule has 1 aromatic heterocycles. The van der Waals surface area contributed by atoms with Gasteiger partial charge in [-0.05, 0) is 31.2 Å². The lowest BCUT2D eigenvalue weighted by Crippen LogP contribution is -2.23. The van der Waals surface area contributed by atoms with E-state index in [0.29, 0.717) is 4.80 Å². The molecule has 0 radical (unpaired) electrons. The molecule has 28 heavy (non-hydrogen) atoms. The summed E-state index contributed by atoms with van der Waals surface area (Å²) in [6.07, 6.45) is 0. The van der Waals surface area contributed by atoms with Crippen molar-refractivity contribution in [1.82, 2.24) is 4.57 Å². The first-order valence-corrected chi connectivity index (χ1v) is 9.37. The van der Waals surface area contributed by atoms with Crippen LogP contribution in [0.3, 0.4) is 0 Å². The number of hydrogen-bond acceptors (Lipinski definition) is 6. The Balaban J connectivity index is 2.11. The molecule has 0 aliphatic rings. The summed E-state index contributed by atoms with van der Waals surface area (Å²) in [6.45, 7) is 1.93.